The van der Waals surface area contributed by atoms with Gasteiger partial charge in [-0.3, -0.25) is 4.79 Å². The molecule has 0 atom stereocenters. The molecule has 4 rings (SSSR count). The van der Waals surface area contributed by atoms with E-state index in [0.29, 0.717) is 36.1 Å². The Kier molecular flexibility index (Phi) is 4.34. The Morgan fingerprint density at radius 1 is 1.16 bits per heavy atom. The number of hydrogen-bond donors (Lipinski definition) is 1. The monoisotopic (exact) mass is 342 g/mol. The van der Waals surface area contributed by atoms with Crippen molar-refractivity contribution in [3.8, 4) is 11.5 Å². The lowest BCUT2D eigenvalue weighted by molar-refractivity contribution is 0.0949. The SMILES string of the molecule is O=C(NCc1nccc(N2CCOCC2)n1)c1ccc2c(c1)OCO2. The molecule has 1 saturated heterocycles. The molecule has 0 saturated carbocycles. The van der Waals surface area contributed by atoms with Gasteiger partial charge in [-0.05, 0) is 24.3 Å². The number of anilines is 1. The Hall–Kier alpha value is -2.87. The number of carbonyl (C=O) groups excluding carboxylic acids is 1. The lowest BCUT2D eigenvalue weighted by atomic mass is 10.2. The second-order valence-electron chi connectivity index (χ2n) is 5.68. The predicted octanol–water partition coefficient (Wildman–Crippen LogP) is 0.972. The zero-order valence-electron chi connectivity index (χ0n) is 13.6. The number of amides is 1. The molecule has 2 aliphatic rings. The maximum absolute atomic E-state index is 12.3. The second-order valence-corrected chi connectivity index (χ2v) is 5.68. The first-order valence-corrected chi connectivity index (χ1v) is 8.12. The lowest BCUT2D eigenvalue weighted by Crippen LogP contribution is -2.37. The summed E-state index contributed by atoms with van der Waals surface area (Å²) in [5, 5.41) is 2.83. The highest BCUT2D eigenvalue weighted by Gasteiger charge is 2.17. The van der Waals surface area contributed by atoms with E-state index >= 15 is 0 Å². The quantitative estimate of drug-likeness (QED) is 0.886. The molecule has 8 heteroatoms. The summed E-state index contributed by atoms with van der Waals surface area (Å²) in [5.41, 5.74) is 0.508. The van der Waals surface area contributed by atoms with Crippen LogP contribution in [0.3, 0.4) is 0 Å². The van der Waals surface area contributed by atoms with Crippen LogP contribution in [0.2, 0.25) is 0 Å². The fourth-order valence-electron chi connectivity index (χ4n) is 2.74. The van der Waals surface area contributed by atoms with E-state index in [1.54, 1.807) is 24.4 Å². The first kappa shape index (κ1) is 15.6. The first-order valence-electron chi connectivity index (χ1n) is 8.12. The van der Waals surface area contributed by atoms with Gasteiger partial charge in [0.15, 0.2) is 11.5 Å². The zero-order chi connectivity index (χ0) is 17.1. The average molecular weight is 342 g/mol. The van der Waals surface area contributed by atoms with Gasteiger partial charge in [-0.2, -0.15) is 0 Å². The Morgan fingerprint density at radius 3 is 2.88 bits per heavy atom. The fourth-order valence-corrected chi connectivity index (χ4v) is 2.74. The minimum Gasteiger partial charge on any atom is -0.454 e. The van der Waals surface area contributed by atoms with E-state index < -0.39 is 0 Å². The number of hydrogen-bond acceptors (Lipinski definition) is 7. The van der Waals surface area contributed by atoms with Gasteiger partial charge in [-0.15, -0.1) is 0 Å². The van der Waals surface area contributed by atoms with Crippen molar-refractivity contribution >= 4 is 11.7 Å². The molecule has 0 spiro atoms. The summed E-state index contributed by atoms with van der Waals surface area (Å²) < 4.78 is 15.9. The lowest BCUT2D eigenvalue weighted by Gasteiger charge is -2.27. The van der Waals surface area contributed by atoms with E-state index in [9.17, 15) is 4.79 Å². The molecule has 1 amide bonds. The van der Waals surface area contributed by atoms with Crippen molar-refractivity contribution in [3.05, 3.63) is 41.9 Å². The molecule has 0 bridgehead atoms. The number of benzene rings is 1. The van der Waals surface area contributed by atoms with E-state index in [0.717, 1.165) is 18.9 Å². The highest BCUT2D eigenvalue weighted by atomic mass is 16.7. The number of ether oxygens (including phenoxy) is 3. The maximum Gasteiger partial charge on any atom is 0.251 e. The third-order valence-electron chi connectivity index (χ3n) is 4.07. The smallest absolute Gasteiger partial charge is 0.251 e. The summed E-state index contributed by atoms with van der Waals surface area (Å²) in [6.45, 7) is 3.44. The van der Waals surface area contributed by atoms with Crippen molar-refractivity contribution in [2.24, 2.45) is 0 Å². The van der Waals surface area contributed by atoms with Crippen molar-refractivity contribution in [2.75, 3.05) is 38.0 Å². The molecule has 0 unspecified atom stereocenters. The average Bonchev–Trinajstić information content (AvgIpc) is 3.15. The van der Waals surface area contributed by atoms with Gasteiger partial charge in [-0.25, -0.2) is 9.97 Å². The van der Waals surface area contributed by atoms with Crippen LogP contribution in [0.4, 0.5) is 5.82 Å². The number of nitrogens with zero attached hydrogens (tertiary/aromatic N) is 3. The van der Waals surface area contributed by atoms with Gasteiger partial charge in [0.2, 0.25) is 6.79 Å². The highest BCUT2D eigenvalue weighted by molar-refractivity contribution is 5.94. The molecule has 25 heavy (non-hydrogen) atoms. The van der Waals surface area contributed by atoms with E-state index in [1.807, 2.05) is 6.07 Å². The van der Waals surface area contributed by atoms with Crippen LogP contribution in [-0.2, 0) is 11.3 Å². The molecular weight excluding hydrogens is 324 g/mol. The van der Waals surface area contributed by atoms with Crippen molar-refractivity contribution < 1.29 is 19.0 Å². The Labute approximate surface area is 144 Å². The highest BCUT2D eigenvalue weighted by Crippen LogP contribution is 2.32. The van der Waals surface area contributed by atoms with Crippen LogP contribution in [0.25, 0.3) is 0 Å². The minimum absolute atomic E-state index is 0.183. The third kappa shape index (κ3) is 3.48. The normalized spacial score (nSPS) is 15.9. The van der Waals surface area contributed by atoms with E-state index in [-0.39, 0.29) is 19.2 Å². The molecular formula is C17H18N4O4. The van der Waals surface area contributed by atoms with Gasteiger partial charge in [0.25, 0.3) is 5.91 Å². The number of carbonyl (C=O) groups is 1. The fraction of sp³-hybridized carbons (Fsp3) is 0.353. The first-order chi connectivity index (χ1) is 12.3. The summed E-state index contributed by atoms with van der Waals surface area (Å²) in [5.74, 6) is 2.44. The van der Waals surface area contributed by atoms with Crippen molar-refractivity contribution in [1.29, 1.82) is 0 Å². The van der Waals surface area contributed by atoms with Crippen LogP contribution in [0.15, 0.2) is 30.5 Å². The van der Waals surface area contributed by atoms with Gasteiger partial charge >= 0.3 is 0 Å². The number of rotatable bonds is 4. The number of aromatic nitrogens is 2. The van der Waals surface area contributed by atoms with Gasteiger partial charge < -0.3 is 24.4 Å². The largest absolute Gasteiger partial charge is 0.454 e. The van der Waals surface area contributed by atoms with Crippen LogP contribution < -0.4 is 19.7 Å². The third-order valence-corrected chi connectivity index (χ3v) is 4.07. The molecule has 8 nitrogen and oxygen atoms in total. The van der Waals surface area contributed by atoms with Gasteiger partial charge in [-0.1, -0.05) is 0 Å². The molecule has 2 aliphatic heterocycles. The summed E-state index contributed by atoms with van der Waals surface area (Å²) in [7, 11) is 0. The molecule has 2 aromatic rings. The van der Waals surface area contributed by atoms with Crippen LogP contribution in [-0.4, -0.2) is 49.0 Å². The zero-order valence-corrected chi connectivity index (χ0v) is 13.6. The van der Waals surface area contributed by atoms with Crippen LogP contribution in [0.5, 0.6) is 11.5 Å². The van der Waals surface area contributed by atoms with Crippen molar-refractivity contribution in [3.63, 3.8) is 0 Å². The van der Waals surface area contributed by atoms with Gasteiger partial charge in [0.05, 0.1) is 19.8 Å². The molecule has 0 aliphatic carbocycles. The van der Waals surface area contributed by atoms with Gasteiger partial charge in [0.1, 0.15) is 11.6 Å². The van der Waals surface area contributed by atoms with Crippen molar-refractivity contribution in [1.82, 2.24) is 15.3 Å². The Morgan fingerprint density at radius 2 is 2.00 bits per heavy atom. The molecule has 1 fully saturated rings. The van der Waals surface area contributed by atoms with Crippen LogP contribution in [0.1, 0.15) is 16.2 Å². The summed E-state index contributed by atoms with van der Waals surface area (Å²) in [6, 6.07) is 6.97. The summed E-state index contributed by atoms with van der Waals surface area (Å²) in [6.07, 6.45) is 1.71. The van der Waals surface area contributed by atoms with Crippen molar-refractivity contribution in [2.45, 2.75) is 6.54 Å². The topological polar surface area (TPSA) is 85.8 Å². The molecule has 1 N–H and O–H groups in total. The van der Waals surface area contributed by atoms with E-state index in [2.05, 4.69) is 20.2 Å². The molecule has 1 aromatic heterocycles. The standard InChI is InChI=1S/C17H18N4O4/c22-17(12-1-2-13-14(9-12)25-11-24-13)19-10-15-18-4-3-16(20-15)21-5-7-23-8-6-21/h1-4,9H,5-8,10-11H2,(H,19,22). The van der Waals surface area contributed by atoms with E-state index in [1.165, 1.54) is 0 Å². The molecule has 1 aromatic carbocycles. The molecule has 0 radical (unpaired) electrons. The molecule has 3 heterocycles. The Bertz CT molecular complexity index is 777. The molecule has 130 valence electrons. The number of nitrogens with one attached hydrogen (secondary N) is 1. The van der Waals surface area contributed by atoms with Gasteiger partial charge in [0, 0.05) is 24.8 Å². The Balaban J connectivity index is 1.40. The van der Waals surface area contributed by atoms with Crippen LogP contribution in [0, 0.1) is 0 Å². The predicted molar refractivity (Wildman–Crippen MR) is 88.8 cm³/mol. The second kappa shape index (κ2) is 6.94. The summed E-state index contributed by atoms with van der Waals surface area (Å²) >= 11 is 0. The van der Waals surface area contributed by atoms with E-state index in [4.69, 9.17) is 14.2 Å². The maximum atomic E-state index is 12.3. The minimum atomic E-state index is -0.210. The van der Waals surface area contributed by atoms with Crippen LogP contribution >= 0.6 is 0 Å². The number of fused-ring (bicyclic) bond motifs is 1. The summed E-state index contributed by atoms with van der Waals surface area (Å²) in [4.78, 5) is 23.2. The number of morpholine rings is 1.